The minimum Gasteiger partial charge on any atom is -0.333 e. The van der Waals surface area contributed by atoms with Crippen molar-refractivity contribution in [2.75, 3.05) is 0 Å². The van der Waals surface area contributed by atoms with Crippen LogP contribution in [0.2, 0.25) is 0 Å². The maximum atomic E-state index is 11.2. The normalized spacial score (nSPS) is 11.5. The highest BCUT2D eigenvalue weighted by Gasteiger charge is 2.03. The average molecular weight is 176 g/mol. The van der Waals surface area contributed by atoms with Gasteiger partial charge in [0.05, 0.1) is 6.33 Å². The zero-order chi connectivity index (χ0) is 9.26. The molecule has 0 unspecified atom stereocenters. The van der Waals surface area contributed by atoms with E-state index >= 15 is 0 Å². The summed E-state index contributed by atoms with van der Waals surface area (Å²) in [5, 5.41) is 0. The number of hydrogen-bond acceptors (Lipinski definition) is 3. The van der Waals surface area contributed by atoms with Crippen molar-refractivity contribution in [3.05, 3.63) is 28.6 Å². The maximum Gasteiger partial charge on any atom is 0.276 e. The third-order valence-corrected chi connectivity index (χ3v) is 1.64. The van der Waals surface area contributed by atoms with Gasteiger partial charge in [-0.3, -0.25) is 4.79 Å². The molecule has 0 bridgehead atoms. The smallest absolute Gasteiger partial charge is 0.276 e. The molecule has 2 rings (SSSR count). The molecule has 5 nitrogen and oxygen atoms in total. The van der Waals surface area contributed by atoms with Crippen LogP contribution >= 0.6 is 0 Å². The molecule has 2 aromatic heterocycles. The molecular weight excluding hydrogens is 168 g/mol. The summed E-state index contributed by atoms with van der Waals surface area (Å²) in [5.74, 6) is 0.640. The summed E-state index contributed by atoms with van der Waals surface area (Å²) in [6.07, 6.45) is 4.96. The molecule has 0 saturated carbocycles. The van der Waals surface area contributed by atoms with Crippen molar-refractivity contribution >= 4 is 17.2 Å². The summed E-state index contributed by atoms with van der Waals surface area (Å²) >= 11 is 0. The largest absolute Gasteiger partial charge is 0.333 e. The van der Waals surface area contributed by atoms with Crippen LogP contribution in [0.1, 0.15) is 12.7 Å². The molecule has 66 valence electrons. The van der Waals surface area contributed by atoms with Gasteiger partial charge in [0.2, 0.25) is 0 Å². The topological polar surface area (TPSA) is 74.4 Å². The van der Waals surface area contributed by atoms with Crippen LogP contribution in [0.4, 0.5) is 0 Å². The Labute approximate surface area is 73.5 Å². The number of fused-ring (bicyclic) bond motifs is 1. The first-order chi connectivity index (χ1) is 6.31. The van der Waals surface area contributed by atoms with Crippen LogP contribution in [-0.4, -0.2) is 19.9 Å². The third kappa shape index (κ3) is 1.24. The number of aromatic nitrogens is 4. The zero-order valence-corrected chi connectivity index (χ0v) is 7.03. The van der Waals surface area contributed by atoms with E-state index in [9.17, 15) is 4.79 Å². The van der Waals surface area contributed by atoms with Gasteiger partial charge in [-0.25, -0.2) is 9.97 Å². The molecule has 2 heterocycles. The molecule has 0 fully saturated rings. The van der Waals surface area contributed by atoms with Crippen molar-refractivity contribution in [2.45, 2.75) is 6.92 Å². The quantitative estimate of drug-likeness (QED) is 0.670. The van der Waals surface area contributed by atoms with Gasteiger partial charge < -0.3 is 9.97 Å². The fraction of sp³-hybridized carbons (Fsp3) is 0.125. The first-order valence-electron chi connectivity index (χ1n) is 3.87. The molecule has 0 amide bonds. The molecule has 0 aromatic carbocycles. The number of imidazole rings is 1. The molecule has 0 saturated heterocycles. The van der Waals surface area contributed by atoms with E-state index in [4.69, 9.17) is 0 Å². The van der Waals surface area contributed by atoms with E-state index in [0.29, 0.717) is 17.0 Å². The second-order valence-corrected chi connectivity index (χ2v) is 2.55. The predicted octanol–water partition coefficient (Wildman–Crippen LogP) is 0.679. The summed E-state index contributed by atoms with van der Waals surface area (Å²) < 4.78 is 0. The van der Waals surface area contributed by atoms with Crippen LogP contribution in [0.25, 0.3) is 17.2 Å². The van der Waals surface area contributed by atoms with Crippen LogP contribution in [0.15, 0.2) is 17.2 Å². The van der Waals surface area contributed by atoms with Crippen LogP contribution in [0.3, 0.4) is 0 Å². The lowest BCUT2D eigenvalue weighted by Gasteiger charge is -1.81. The Kier molecular flexibility index (Phi) is 1.70. The first kappa shape index (κ1) is 7.72. The molecule has 0 aliphatic heterocycles. The Balaban J connectivity index is 2.75. The molecule has 0 aliphatic rings. The number of nitrogens with zero attached hydrogens (tertiary/aromatic N) is 2. The highest BCUT2D eigenvalue weighted by atomic mass is 16.1. The Morgan fingerprint density at radius 3 is 3.08 bits per heavy atom. The number of nitrogens with one attached hydrogen (secondary N) is 2. The van der Waals surface area contributed by atoms with Crippen molar-refractivity contribution < 1.29 is 0 Å². The minimum absolute atomic E-state index is 0.201. The lowest BCUT2D eigenvalue weighted by atomic mass is 10.5. The highest BCUT2D eigenvalue weighted by Crippen LogP contribution is 2.03. The molecule has 0 atom stereocenters. The van der Waals surface area contributed by atoms with Gasteiger partial charge in [-0.05, 0) is 13.0 Å². The molecule has 2 aromatic rings. The fourth-order valence-corrected chi connectivity index (χ4v) is 1.09. The Morgan fingerprint density at radius 1 is 1.54 bits per heavy atom. The van der Waals surface area contributed by atoms with E-state index in [1.807, 2.05) is 13.0 Å². The van der Waals surface area contributed by atoms with Crippen molar-refractivity contribution in [1.82, 2.24) is 19.9 Å². The van der Waals surface area contributed by atoms with Crippen LogP contribution in [0.5, 0.6) is 0 Å². The number of aromatic amines is 2. The predicted molar refractivity (Wildman–Crippen MR) is 49.2 cm³/mol. The fourth-order valence-electron chi connectivity index (χ4n) is 1.09. The van der Waals surface area contributed by atoms with Crippen LogP contribution in [0, 0.1) is 0 Å². The van der Waals surface area contributed by atoms with E-state index < -0.39 is 0 Å². The summed E-state index contributed by atoms with van der Waals surface area (Å²) in [6.45, 7) is 1.88. The number of H-pyrrole nitrogens is 2. The van der Waals surface area contributed by atoms with Crippen LogP contribution in [-0.2, 0) is 0 Å². The SMILES string of the molecule is C/C=C/c1nc2nc[nH]c(=O)c2[nH]1. The summed E-state index contributed by atoms with van der Waals surface area (Å²) in [6, 6.07) is 0. The molecule has 13 heavy (non-hydrogen) atoms. The average Bonchev–Trinajstić information content (AvgIpc) is 2.49. The molecule has 5 heteroatoms. The van der Waals surface area contributed by atoms with E-state index in [-0.39, 0.29) is 5.56 Å². The van der Waals surface area contributed by atoms with Gasteiger partial charge in [0, 0.05) is 0 Å². The number of rotatable bonds is 1. The Hall–Kier alpha value is -1.91. The van der Waals surface area contributed by atoms with E-state index in [2.05, 4.69) is 19.9 Å². The van der Waals surface area contributed by atoms with Crippen molar-refractivity contribution in [3.63, 3.8) is 0 Å². The lowest BCUT2D eigenvalue weighted by molar-refractivity contribution is 1.15. The number of allylic oxidation sites excluding steroid dienone is 1. The second-order valence-electron chi connectivity index (χ2n) is 2.55. The molecule has 2 N–H and O–H groups in total. The van der Waals surface area contributed by atoms with E-state index in [0.717, 1.165) is 0 Å². The Bertz CT molecular complexity index is 508. The second kappa shape index (κ2) is 2.85. The van der Waals surface area contributed by atoms with Crippen LogP contribution < -0.4 is 5.56 Å². The van der Waals surface area contributed by atoms with Gasteiger partial charge in [0.1, 0.15) is 5.82 Å². The third-order valence-electron chi connectivity index (χ3n) is 1.64. The lowest BCUT2D eigenvalue weighted by Crippen LogP contribution is -2.05. The molecule has 0 spiro atoms. The first-order valence-corrected chi connectivity index (χ1v) is 3.87. The zero-order valence-electron chi connectivity index (χ0n) is 7.03. The number of hydrogen-bond donors (Lipinski definition) is 2. The van der Waals surface area contributed by atoms with Gasteiger partial charge in [0.25, 0.3) is 5.56 Å². The maximum absolute atomic E-state index is 11.2. The van der Waals surface area contributed by atoms with Crippen molar-refractivity contribution in [3.8, 4) is 0 Å². The highest BCUT2D eigenvalue weighted by molar-refractivity contribution is 5.70. The monoisotopic (exact) mass is 176 g/mol. The van der Waals surface area contributed by atoms with Gasteiger partial charge in [0.15, 0.2) is 11.2 Å². The van der Waals surface area contributed by atoms with E-state index in [1.54, 1.807) is 6.08 Å². The van der Waals surface area contributed by atoms with Gasteiger partial charge in [-0.2, -0.15) is 0 Å². The van der Waals surface area contributed by atoms with Crippen molar-refractivity contribution in [1.29, 1.82) is 0 Å². The summed E-state index contributed by atoms with van der Waals surface area (Å²) in [4.78, 5) is 24.5. The van der Waals surface area contributed by atoms with Gasteiger partial charge in [-0.1, -0.05) is 6.08 Å². The van der Waals surface area contributed by atoms with Crippen molar-refractivity contribution in [2.24, 2.45) is 0 Å². The summed E-state index contributed by atoms with van der Waals surface area (Å²) in [7, 11) is 0. The Morgan fingerprint density at radius 2 is 2.38 bits per heavy atom. The van der Waals surface area contributed by atoms with Gasteiger partial charge in [-0.15, -0.1) is 0 Å². The molecular formula is C8H8N4O. The minimum atomic E-state index is -0.201. The van der Waals surface area contributed by atoms with E-state index in [1.165, 1.54) is 6.33 Å². The molecule has 0 radical (unpaired) electrons. The van der Waals surface area contributed by atoms with Gasteiger partial charge >= 0.3 is 0 Å². The molecule has 0 aliphatic carbocycles. The standard InChI is InChI=1S/C8H8N4O/c1-2-3-5-11-6-7(12-5)9-4-10-8(6)13/h2-4H,1H3,(H2,9,10,11,12,13)/b3-2+. The summed E-state index contributed by atoms with van der Waals surface area (Å²) in [5.41, 5.74) is 0.653.